The van der Waals surface area contributed by atoms with E-state index in [0.29, 0.717) is 18.7 Å². The number of hydrogen-bond acceptors (Lipinski definition) is 4. The molecular formula is C22H21NO3. The molecule has 0 aliphatic heterocycles. The third-order valence-electron chi connectivity index (χ3n) is 4.16. The Labute approximate surface area is 153 Å². The first kappa shape index (κ1) is 17.7. The van der Waals surface area contributed by atoms with E-state index in [9.17, 15) is 15.0 Å². The maximum atomic E-state index is 12.7. The van der Waals surface area contributed by atoms with Crippen molar-refractivity contribution in [3.05, 3.63) is 95.6 Å². The topological polar surface area (TPSA) is 60.8 Å². The van der Waals surface area contributed by atoms with Crippen LogP contribution in [0.25, 0.3) is 0 Å². The molecule has 4 nitrogen and oxygen atoms in total. The van der Waals surface area contributed by atoms with Crippen LogP contribution in [0.2, 0.25) is 0 Å². The van der Waals surface area contributed by atoms with Gasteiger partial charge in [0.2, 0.25) is 0 Å². The number of carbonyl (C=O) groups is 1. The molecule has 0 unspecified atom stereocenters. The molecule has 3 aromatic rings. The molecule has 0 saturated carbocycles. The number of aromatic hydroxyl groups is 2. The maximum absolute atomic E-state index is 12.7. The standard InChI is InChI=1S/C22H21NO3/c24-20-12-11-19(13-21(20)25)22(26)16-23(14-17-7-3-1-4-8-17)15-18-9-5-2-6-10-18/h1-13,24-25H,14-16H2. The first-order valence-corrected chi connectivity index (χ1v) is 8.47. The smallest absolute Gasteiger partial charge is 0.176 e. The molecule has 0 aliphatic carbocycles. The van der Waals surface area contributed by atoms with Gasteiger partial charge in [-0.2, -0.15) is 0 Å². The van der Waals surface area contributed by atoms with Crippen molar-refractivity contribution >= 4 is 5.78 Å². The SMILES string of the molecule is O=C(CN(Cc1ccccc1)Cc1ccccc1)c1ccc(O)c(O)c1. The first-order chi connectivity index (χ1) is 12.6. The number of benzene rings is 3. The van der Waals surface area contributed by atoms with Crippen LogP contribution in [-0.2, 0) is 13.1 Å². The number of phenols is 2. The number of hydrogen-bond donors (Lipinski definition) is 2. The highest BCUT2D eigenvalue weighted by atomic mass is 16.3. The van der Waals surface area contributed by atoms with Gasteiger partial charge in [0.15, 0.2) is 17.3 Å². The van der Waals surface area contributed by atoms with Crippen molar-refractivity contribution in [1.82, 2.24) is 4.90 Å². The zero-order valence-corrected chi connectivity index (χ0v) is 14.4. The fourth-order valence-electron chi connectivity index (χ4n) is 2.84. The molecule has 4 heteroatoms. The Kier molecular flexibility index (Phi) is 5.66. The van der Waals surface area contributed by atoms with Gasteiger partial charge < -0.3 is 10.2 Å². The second kappa shape index (κ2) is 8.32. The third-order valence-corrected chi connectivity index (χ3v) is 4.16. The van der Waals surface area contributed by atoms with E-state index in [2.05, 4.69) is 4.90 Å². The molecule has 0 aromatic heterocycles. The number of Topliss-reactive ketones (excluding diaryl/α,β-unsaturated/α-hetero) is 1. The molecule has 0 amide bonds. The van der Waals surface area contributed by atoms with Gasteiger partial charge in [-0.1, -0.05) is 60.7 Å². The number of ketones is 1. The van der Waals surface area contributed by atoms with Crippen molar-refractivity contribution in [2.24, 2.45) is 0 Å². The van der Waals surface area contributed by atoms with E-state index in [1.807, 2.05) is 60.7 Å². The van der Waals surface area contributed by atoms with Crippen molar-refractivity contribution in [3.8, 4) is 11.5 Å². The van der Waals surface area contributed by atoms with E-state index in [0.717, 1.165) is 11.1 Å². The van der Waals surface area contributed by atoms with E-state index < -0.39 is 0 Å². The van der Waals surface area contributed by atoms with Gasteiger partial charge in [-0.05, 0) is 29.3 Å². The summed E-state index contributed by atoms with van der Waals surface area (Å²) in [6.07, 6.45) is 0. The molecule has 3 rings (SSSR count). The van der Waals surface area contributed by atoms with Crippen LogP contribution in [0.5, 0.6) is 11.5 Å². The van der Waals surface area contributed by atoms with Crippen LogP contribution in [0.15, 0.2) is 78.9 Å². The summed E-state index contributed by atoms with van der Waals surface area (Å²) in [5, 5.41) is 19.1. The van der Waals surface area contributed by atoms with Crippen molar-refractivity contribution in [2.75, 3.05) is 6.54 Å². The van der Waals surface area contributed by atoms with Crippen molar-refractivity contribution < 1.29 is 15.0 Å². The minimum Gasteiger partial charge on any atom is -0.504 e. The van der Waals surface area contributed by atoms with E-state index in [1.165, 1.54) is 18.2 Å². The van der Waals surface area contributed by atoms with Gasteiger partial charge in [0.05, 0.1) is 6.54 Å². The average Bonchev–Trinajstić information content (AvgIpc) is 2.65. The van der Waals surface area contributed by atoms with E-state index in [4.69, 9.17) is 0 Å². The Hall–Kier alpha value is -3.11. The van der Waals surface area contributed by atoms with Crippen LogP contribution in [0.1, 0.15) is 21.5 Å². The monoisotopic (exact) mass is 347 g/mol. The summed E-state index contributed by atoms with van der Waals surface area (Å²) in [4.78, 5) is 14.7. The predicted molar refractivity (Wildman–Crippen MR) is 101 cm³/mol. The number of rotatable bonds is 7. The van der Waals surface area contributed by atoms with Crippen molar-refractivity contribution in [2.45, 2.75) is 13.1 Å². The molecule has 0 fully saturated rings. The Morgan fingerprint density at radius 3 is 1.77 bits per heavy atom. The van der Waals surface area contributed by atoms with E-state index >= 15 is 0 Å². The van der Waals surface area contributed by atoms with Crippen LogP contribution in [0.4, 0.5) is 0 Å². The quantitative estimate of drug-likeness (QED) is 0.501. The minimum atomic E-state index is -0.284. The molecular weight excluding hydrogens is 326 g/mol. The van der Waals surface area contributed by atoms with Gasteiger partial charge in [0.25, 0.3) is 0 Å². The second-order valence-electron chi connectivity index (χ2n) is 6.24. The number of phenolic OH excluding ortho intramolecular Hbond substituents is 2. The van der Waals surface area contributed by atoms with Crippen molar-refractivity contribution in [1.29, 1.82) is 0 Å². The number of nitrogens with zero attached hydrogens (tertiary/aromatic N) is 1. The van der Waals surface area contributed by atoms with Gasteiger partial charge in [-0.15, -0.1) is 0 Å². The van der Waals surface area contributed by atoms with Gasteiger partial charge in [-0.3, -0.25) is 9.69 Å². The summed E-state index contributed by atoms with van der Waals surface area (Å²) < 4.78 is 0. The normalized spacial score (nSPS) is 10.8. The summed E-state index contributed by atoms with van der Waals surface area (Å²) in [5.41, 5.74) is 2.64. The average molecular weight is 347 g/mol. The summed E-state index contributed by atoms with van der Waals surface area (Å²) in [6, 6.07) is 24.2. The summed E-state index contributed by atoms with van der Waals surface area (Å²) >= 11 is 0. The molecule has 26 heavy (non-hydrogen) atoms. The Bertz CT molecular complexity index is 822. The lowest BCUT2D eigenvalue weighted by molar-refractivity contribution is 0.0920. The lowest BCUT2D eigenvalue weighted by atomic mass is 10.1. The van der Waals surface area contributed by atoms with Gasteiger partial charge in [0, 0.05) is 18.7 Å². The Balaban J connectivity index is 1.77. The van der Waals surface area contributed by atoms with Gasteiger partial charge >= 0.3 is 0 Å². The summed E-state index contributed by atoms with van der Waals surface area (Å²) in [7, 11) is 0. The van der Waals surface area contributed by atoms with Crippen LogP contribution in [0, 0.1) is 0 Å². The molecule has 0 bridgehead atoms. The predicted octanol–water partition coefficient (Wildman–Crippen LogP) is 3.98. The molecule has 0 spiro atoms. The van der Waals surface area contributed by atoms with E-state index in [-0.39, 0.29) is 23.8 Å². The molecule has 0 radical (unpaired) electrons. The van der Waals surface area contributed by atoms with Crippen molar-refractivity contribution in [3.63, 3.8) is 0 Å². The highest BCUT2D eigenvalue weighted by molar-refractivity contribution is 5.98. The molecule has 3 aromatic carbocycles. The largest absolute Gasteiger partial charge is 0.504 e. The van der Waals surface area contributed by atoms with E-state index in [1.54, 1.807) is 0 Å². The molecule has 0 saturated heterocycles. The molecule has 0 aliphatic rings. The lowest BCUT2D eigenvalue weighted by Crippen LogP contribution is -2.29. The summed E-state index contributed by atoms with van der Waals surface area (Å²) in [6.45, 7) is 1.51. The fourth-order valence-corrected chi connectivity index (χ4v) is 2.84. The van der Waals surface area contributed by atoms with Crippen LogP contribution in [0.3, 0.4) is 0 Å². The van der Waals surface area contributed by atoms with Crippen LogP contribution in [-0.4, -0.2) is 27.4 Å². The minimum absolute atomic E-state index is 0.104. The first-order valence-electron chi connectivity index (χ1n) is 8.47. The summed E-state index contributed by atoms with van der Waals surface area (Å²) in [5.74, 6) is -0.618. The maximum Gasteiger partial charge on any atom is 0.176 e. The van der Waals surface area contributed by atoms with Crippen LogP contribution >= 0.6 is 0 Å². The van der Waals surface area contributed by atoms with Crippen LogP contribution < -0.4 is 0 Å². The highest BCUT2D eigenvalue weighted by Crippen LogP contribution is 2.25. The Morgan fingerprint density at radius 2 is 1.27 bits per heavy atom. The Morgan fingerprint density at radius 1 is 0.731 bits per heavy atom. The molecule has 2 N–H and O–H groups in total. The zero-order valence-electron chi connectivity index (χ0n) is 14.4. The fraction of sp³-hybridized carbons (Fsp3) is 0.136. The van der Waals surface area contributed by atoms with Gasteiger partial charge in [-0.25, -0.2) is 0 Å². The lowest BCUT2D eigenvalue weighted by Gasteiger charge is -2.22. The molecule has 0 heterocycles. The highest BCUT2D eigenvalue weighted by Gasteiger charge is 2.15. The molecule has 132 valence electrons. The number of carbonyl (C=O) groups excluding carboxylic acids is 1. The van der Waals surface area contributed by atoms with Gasteiger partial charge in [0.1, 0.15) is 0 Å². The second-order valence-corrected chi connectivity index (χ2v) is 6.24. The third kappa shape index (κ3) is 4.71. The zero-order chi connectivity index (χ0) is 18.4. The molecule has 0 atom stereocenters.